The topological polar surface area (TPSA) is 48.5 Å². The molecule has 0 bridgehead atoms. The number of likely N-dealkylation sites (N-methyl/N-ethyl adjacent to an activating group) is 1. The van der Waals surface area contributed by atoms with Gasteiger partial charge in [0.05, 0.1) is 16.8 Å². The van der Waals surface area contributed by atoms with Crippen molar-refractivity contribution in [1.29, 1.82) is 0 Å². The molecule has 1 N–H and O–H groups in total. The Kier molecular flexibility index (Phi) is 8.08. The van der Waals surface area contributed by atoms with Gasteiger partial charge in [-0.25, -0.2) is 13.8 Å². The summed E-state index contributed by atoms with van der Waals surface area (Å²) in [7, 11) is 1.97. The molecule has 0 aliphatic carbocycles. The van der Waals surface area contributed by atoms with E-state index in [9.17, 15) is 13.6 Å². The van der Waals surface area contributed by atoms with E-state index in [-0.39, 0.29) is 18.0 Å². The molecule has 1 saturated heterocycles. The first-order valence-electron chi connectivity index (χ1n) is 12.5. The van der Waals surface area contributed by atoms with Crippen LogP contribution in [0.25, 0.3) is 22.2 Å². The van der Waals surface area contributed by atoms with Crippen LogP contribution in [0, 0.1) is 11.6 Å². The number of hydrogen-bond acceptors (Lipinski definition) is 4. The van der Waals surface area contributed by atoms with Gasteiger partial charge in [0.2, 0.25) is 0 Å². The Morgan fingerprint density at radius 2 is 1.91 bits per heavy atom. The van der Waals surface area contributed by atoms with Crippen LogP contribution in [-0.4, -0.2) is 66.0 Å². The smallest absolute Gasteiger partial charge is 0.254 e. The summed E-state index contributed by atoms with van der Waals surface area (Å²) in [6.45, 7) is 8.04. The second kappa shape index (κ2) is 11.2. The van der Waals surface area contributed by atoms with Crippen LogP contribution in [0.15, 0.2) is 48.5 Å². The average molecular weight is 481 g/mol. The monoisotopic (exact) mass is 480 g/mol. The number of nitrogens with one attached hydrogen (secondary N) is 1. The maximum atomic E-state index is 14.0. The molecule has 0 radical (unpaired) electrons. The van der Waals surface area contributed by atoms with Gasteiger partial charge in [-0.05, 0) is 76.3 Å². The number of pyridine rings is 1. The number of para-hydroxylation sites is 1. The van der Waals surface area contributed by atoms with E-state index in [1.165, 1.54) is 6.07 Å². The lowest BCUT2D eigenvalue weighted by Crippen LogP contribution is -2.49. The zero-order valence-corrected chi connectivity index (χ0v) is 20.7. The van der Waals surface area contributed by atoms with Gasteiger partial charge in [0.1, 0.15) is 0 Å². The summed E-state index contributed by atoms with van der Waals surface area (Å²) in [4.78, 5) is 23.0. The first-order valence-corrected chi connectivity index (χ1v) is 12.5. The number of rotatable bonds is 9. The van der Waals surface area contributed by atoms with E-state index in [0.717, 1.165) is 56.4 Å². The van der Waals surface area contributed by atoms with Crippen molar-refractivity contribution in [2.45, 2.75) is 45.2 Å². The summed E-state index contributed by atoms with van der Waals surface area (Å²) >= 11 is 0. The van der Waals surface area contributed by atoms with Gasteiger partial charge in [-0.2, -0.15) is 0 Å². The summed E-state index contributed by atoms with van der Waals surface area (Å²) in [5.41, 5.74) is 2.09. The number of hydrogen-bond donors (Lipinski definition) is 1. The third-order valence-electron chi connectivity index (χ3n) is 7.21. The Labute approximate surface area is 206 Å². The summed E-state index contributed by atoms with van der Waals surface area (Å²) in [5, 5.41) is 4.22. The van der Waals surface area contributed by atoms with Crippen LogP contribution in [0.2, 0.25) is 0 Å². The van der Waals surface area contributed by atoms with Crippen molar-refractivity contribution in [3.63, 3.8) is 0 Å². The lowest BCUT2D eigenvalue weighted by Gasteiger charge is -2.33. The van der Waals surface area contributed by atoms with Crippen molar-refractivity contribution in [1.82, 2.24) is 20.1 Å². The fourth-order valence-corrected chi connectivity index (χ4v) is 5.16. The third-order valence-corrected chi connectivity index (χ3v) is 7.21. The number of likely N-dealkylation sites (tertiary alicyclic amines) is 1. The van der Waals surface area contributed by atoms with Gasteiger partial charge in [-0.15, -0.1) is 0 Å². The lowest BCUT2D eigenvalue weighted by molar-refractivity contribution is 0.0702. The van der Waals surface area contributed by atoms with Crippen molar-refractivity contribution in [2.75, 3.05) is 33.2 Å². The molecule has 4 rings (SSSR count). The van der Waals surface area contributed by atoms with Gasteiger partial charge in [-0.1, -0.05) is 32.0 Å². The molecule has 186 valence electrons. The molecular weight excluding hydrogens is 446 g/mol. The van der Waals surface area contributed by atoms with E-state index in [1.54, 1.807) is 6.07 Å². The van der Waals surface area contributed by atoms with E-state index in [1.807, 2.05) is 36.2 Å². The molecule has 1 fully saturated rings. The lowest BCUT2D eigenvalue weighted by atomic mass is 9.99. The summed E-state index contributed by atoms with van der Waals surface area (Å²) in [6.07, 6.45) is 2.87. The molecular formula is C28H34F2N4O. The molecule has 2 heterocycles. The zero-order chi connectivity index (χ0) is 24.9. The first kappa shape index (κ1) is 25.2. The van der Waals surface area contributed by atoms with Gasteiger partial charge in [0.25, 0.3) is 5.91 Å². The summed E-state index contributed by atoms with van der Waals surface area (Å²) in [5.74, 6) is -1.89. The Morgan fingerprint density at radius 3 is 2.63 bits per heavy atom. The van der Waals surface area contributed by atoms with Crippen LogP contribution < -0.4 is 5.32 Å². The molecule has 0 saturated carbocycles. The van der Waals surface area contributed by atoms with E-state index >= 15 is 0 Å². The van der Waals surface area contributed by atoms with Crippen LogP contribution in [0.5, 0.6) is 0 Å². The fourth-order valence-electron chi connectivity index (χ4n) is 5.16. The number of fused-ring (bicyclic) bond motifs is 1. The highest BCUT2D eigenvalue weighted by molar-refractivity contribution is 6.07. The number of aromatic nitrogens is 1. The number of benzene rings is 2. The van der Waals surface area contributed by atoms with E-state index in [2.05, 4.69) is 29.0 Å². The molecule has 1 aliphatic rings. The van der Waals surface area contributed by atoms with Gasteiger partial charge < -0.3 is 15.1 Å². The van der Waals surface area contributed by atoms with Gasteiger partial charge in [0, 0.05) is 29.6 Å². The highest BCUT2D eigenvalue weighted by Crippen LogP contribution is 2.30. The molecule has 2 aromatic carbocycles. The van der Waals surface area contributed by atoms with Crippen LogP contribution in [0.1, 0.15) is 43.5 Å². The molecule has 0 spiro atoms. The highest BCUT2D eigenvalue weighted by Gasteiger charge is 2.35. The largest absolute Gasteiger partial charge is 0.334 e. The fraction of sp³-hybridized carbons (Fsp3) is 0.429. The maximum Gasteiger partial charge on any atom is 0.254 e. The Hall–Kier alpha value is -2.90. The number of carbonyl (C=O) groups excluding carboxylic acids is 1. The molecule has 7 heteroatoms. The minimum Gasteiger partial charge on any atom is -0.334 e. The highest BCUT2D eigenvalue weighted by atomic mass is 19.2. The van der Waals surface area contributed by atoms with Crippen molar-refractivity contribution in [3.8, 4) is 11.3 Å². The molecule has 2 unspecified atom stereocenters. The first-order chi connectivity index (χ1) is 17.0. The average Bonchev–Trinajstić information content (AvgIpc) is 3.37. The number of halogens is 2. The molecule has 1 amide bonds. The second-order valence-corrected chi connectivity index (χ2v) is 9.12. The van der Waals surface area contributed by atoms with Crippen LogP contribution in [0.4, 0.5) is 8.78 Å². The molecule has 1 aromatic heterocycles. The predicted octanol–water partition coefficient (Wildman–Crippen LogP) is 5.10. The molecule has 2 atom stereocenters. The minimum absolute atomic E-state index is 0.0435. The zero-order valence-electron chi connectivity index (χ0n) is 20.7. The number of nitrogens with zero attached hydrogens (tertiary/aromatic N) is 3. The van der Waals surface area contributed by atoms with E-state index in [0.29, 0.717) is 28.9 Å². The van der Waals surface area contributed by atoms with Crippen molar-refractivity contribution < 1.29 is 13.6 Å². The van der Waals surface area contributed by atoms with Crippen LogP contribution in [-0.2, 0) is 0 Å². The Morgan fingerprint density at radius 1 is 1.14 bits per heavy atom. The Bertz CT molecular complexity index is 1180. The molecule has 5 nitrogen and oxygen atoms in total. The minimum atomic E-state index is -0.935. The second-order valence-electron chi connectivity index (χ2n) is 9.12. The van der Waals surface area contributed by atoms with E-state index < -0.39 is 11.6 Å². The number of carbonyl (C=O) groups is 1. The standard InChI is InChI=1S/C28H34F2N4O/c1-4-33(5-2)16-14-25(31-3)27-11-8-15-34(27)28(35)21-18-26(19-12-13-22(29)23(30)17-19)32-24-10-7-6-9-20(21)24/h6-7,9-10,12-13,17-18,25,27,31H,4-5,8,11,14-16H2,1-3H3. The molecule has 1 aliphatic heterocycles. The third kappa shape index (κ3) is 5.36. The van der Waals surface area contributed by atoms with Gasteiger partial charge in [0.15, 0.2) is 11.6 Å². The van der Waals surface area contributed by atoms with Crippen LogP contribution in [0.3, 0.4) is 0 Å². The number of amides is 1. The molecule has 35 heavy (non-hydrogen) atoms. The SMILES string of the molecule is CCN(CC)CCC(NC)C1CCCN1C(=O)c1cc(-c2ccc(F)c(F)c2)nc2ccccc12. The van der Waals surface area contributed by atoms with Gasteiger partial charge in [-0.3, -0.25) is 4.79 Å². The predicted molar refractivity (Wildman–Crippen MR) is 136 cm³/mol. The maximum absolute atomic E-state index is 14.0. The quantitative estimate of drug-likeness (QED) is 0.463. The Balaban J connectivity index is 1.68. The molecule has 3 aromatic rings. The van der Waals surface area contributed by atoms with Crippen LogP contribution >= 0.6 is 0 Å². The van der Waals surface area contributed by atoms with Crippen molar-refractivity contribution >= 4 is 16.8 Å². The van der Waals surface area contributed by atoms with Crippen molar-refractivity contribution in [2.24, 2.45) is 0 Å². The normalized spacial score (nSPS) is 16.9. The summed E-state index contributed by atoms with van der Waals surface area (Å²) < 4.78 is 27.5. The summed E-state index contributed by atoms with van der Waals surface area (Å²) in [6, 6.07) is 13.2. The van der Waals surface area contributed by atoms with Gasteiger partial charge >= 0.3 is 0 Å². The van der Waals surface area contributed by atoms with Crippen molar-refractivity contribution in [3.05, 3.63) is 65.7 Å². The van der Waals surface area contributed by atoms with E-state index in [4.69, 9.17) is 0 Å².